The summed E-state index contributed by atoms with van der Waals surface area (Å²) in [6.45, 7) is 4.05. The number of carbonyl (C=O) groups is 3. The molecule has 0 aromatic carbocycles. The first-order chi connectivity index (χ1) is 14.5. The molecule has 4 fully saturated rings. The first-order valence-corrected chi connectivity index (χ1v) is 11.7. The van der Waals surface area contributed by atoms with Crippen molar-refractivity contribution in [2.24, 2.45) is 0 Å². The van der Waals surface area contributed by atoms with E-state index in [9.17, 15) is 19.5 Å². The van der Waals surface area contributed by atoms with E-state index in [1.807, 2.05) is 15.9 Å². The summed E-state index contributed by atoms with van der Waals surface area (Å²) in [5, 5.41) is 12.3. The van der Waals surface area contributed by atoms with E-state index in [0.717, 1.165) is 19.5 Å². The quantitative estimate of drug-likeness (QED) is 0.643. The molecule has 1 spiro atoms. The summed E-state index contributed by atoms with van der Waals surface area (Å²) < 4.78 is 0. The van der Waals surface area contributed by atoms with Crippen molar-refractivity contribution in [1.29, 1.82) is 0 Å². The van der Waals surface area contributed by atoms with Crippen LogP contribution in [0.2, 0.25) is 0 Å². The molecule has 0 saturated carbocycles. The van der Waals surface area contributed by atoms with Gasteiger partial charge in [-0.15, -0.1) is 11.3 Å². The number of rotatable bonds is 6. The van der Waals surface area contributed by atoms with Crippen LogP contribution in [0.5, 0.6) is 0 Å². The third-order valence-electron chi connectivity index (χ3n) is 6.93. The monoisotopic (exact) mass is 432 g/mol. The Hall–Kier alpha value is -1.81. The van der Waals surface area contributed by atoms with Gasteiger partial charge in [-0.1, -0.05) is 6.07 Å². The zero-order chi connectivity index (χ0) is 20.9. The van der Waals surface area contributed by atoms with E-state index in [4.69, 9.17) is 0 Å². The van der Waals surface area contributed by atoms with Crippen LogP contribution in [0.15, 0.2) is 17.5 Å². The van der Waals surface area contributed by atoms with Crippen molar-refractivity contribution < 1.29 is 19.5 Å². The highest BCUT2D eigenvalue weighted by molar-refractivity contribution is 7.09. The summed E-state index contributed by atoms with van der Waals surface area (Å²) in [5.74, 6) is -0.157. The van der Waals surface area contributed by atoms with Gasteiger partial charge in [-0.05, 0) is 30.7 Å². The van der Waals surface area contributed by atoms with E-state index >= 15 is 0 Å². The lowest BCUT2D eigenvalue weighted by atomic mass is 9.82. The standard InChI is InChI=1S/C21H28N4O4S/c26-15-10-17-19(28)24(8-3-7-23-6-1-5-18(23)27)20(29)21(25(17)11-15)13-22(14-21)12-16-4-2-9-30-16/h2,4,9,15,17,26H,1,3,5-8,10-14H2/t15-,17+/m1/s1. The number of piperazine rings is 1. The molecular formula is C21H28N4O4S. The number of thiophene rings is 1. The van der Waals surface area contributed by atoms with Crippen LogP contribution in [0, 0.1) is 0 Å². The molecule has 1 aromatic heterocycles. The summed E-state index contributed by atoms with van der Waals surface area (Å²) in [6.07, 6.45) is 1.91. The van der Waals surface area contributed by atoms with Crippen LogP contribution >= 0.6 is 11.3 Å². The Morgan fingerprint density at radius 3 is 2.73 bits per heavy atom. The molecule has 4 aliphatic rings. The molecule has 0 bridgehead atoms. The van der Waals surface area contributed by atoms with Crippen LogP contribution in [0.25, 0.3) is 0 Å². The average Bonchev–Trinajstić information content (AvgIpc) is 3.42. The fourth-order valence-electron chi connectivity index (χ4n) is 5.49. The maximum absolute atomic E-state index is 13.5. The van der Waals surface area contributed by atoms with E-state index in [1.54, 1.807) is 11.3 Å². The Balaban J connectivity index is 1.28. The molecule has 162 valence electrons. The molecular weight excluding hydrogens is 404 g/mol. The van der Waals surface area contributed by atoms with Crippen molar-refractivity contribution in [2.45, 2.75) is 49.9 Å². The fraction of sp³-hybridized carbons (Fsp3) is 0.667. The smallest absolute Gasteiger partial charge is 0.252 e. The van der Waals surface area contributed by atoms with Gasteiger partial charge in [0.05, 0.1) is 12.1 Å². The lowest BCUT2D eigenvalue weighted by Crippen LogP contribution is -2.81. The molecule has 30 heavy (non-hydrogen) atoms. The van der Waals surface area contributed by atoms with Crippen molar-refractivity contribution in [1.82, 2.24) is 19.6 Å². The lowest BCUT2D eigenvalue weighted by Gasteiger charge is -2.58. The fourth-order valence-corrected chi connectivity index (χ4v) is 6.24. The van der Waals surface area contributed by atoms with Gasteiger partial charge in [-0.2, -0.15) is 0 Å². The predicted molar refractivity (Wildman–Crippen MR) is 111 cm³/mol. The number of hydrogen-bond acceptors (Lipinski definition) is 7. The van der Waals surface area contributed by atoms with Gasteiger partial charge in [0.25, 0.3) is 5.91 Å². The van der Waals surface area contributed by atoms with Crippen molar-refractivity contribution in [3.63, 3.8) is 0 Å². The van der Waals surface area contributed by atoms with Crippen LogP contribution in [-0.4, -0.2) is 99.4 Å². The molecule has 9 heteroatoms. The van der Waals surface area contributed by atoms with Gasteiger partial charge in [0.2, 0.25) is 11.8 Å². The molecule has 5 rings (SSSR count). The van der Waals surface area contributed by atoms with Gasteiger partial charge < -0.3 is 10.0 Å². The van der Waals surface area contributed by atoms with Crippen LogP contribution in [0.3, 0.4) is 0 Å². The maximum Gasteiger partial charge on any atom is 0.252 e. The molecule has 2 atom stereocenters. The molecule has 5 heterocycles. The van der Waals surface area contributed by atoms with Crippen molar-refractivity contribution in [2.75, 3.05) is 39.3 Å². The number of fused-ring (bicyclic) bond motifs is 2. The Kier molecular flexibility index (Phi) is 5.17. The third-order valence-corrected chi connectivity index (χ3v) is 7.80. The highest BCUT2D eigenvalue weighted by Crippen LogP contribution is 2.41. The molecule has 1 N–H and O–H groups in total. The van der Waals surface area contributed by atoms with Crippen molar-refractivity contribution >= 4 is 29.1 Å². The molecule has 1 aromatic rings. The number of hydrogen-bond donors (Lipinski definition) is 1. The van der Waals surface area contributed by atoms with Gasteiger partial charge in [0.15, 0.2) is 0 Å². The minimum Gasteiger partial charge on any atom is -0.392 e. The Bertz CT molecular complexity index is 838. The summed E-state index contributed by atoms with van der Waals surface area (Å²) in [7, 11) is 0. The number of imide groups is 1. The lowest BCUT2D eigenvalue weighted by molar-refractivity contribution is -0.180. The second kappa shape index (κ2) is 7.71. The first-order valence-electron chi connectivity index (χ1n) is 10.8. The number of nitrogens with zero attached hydrogens (tertiary/aromatic N) is 4. The largest absolute Gasteiger partial charge is 0.392 e. The van der Waals surface area contributed by atoms with Gasteiger partial charge >= 0.3 is 0 Å². The highest BCUT2D eigenvalue weighted by Gasteiger charge is 2.64. The third kappa shape index (κ3) is 3.28. The maximum atomic E-state index is 13.5. The van der Waals surface area contributed by atoms with Gasteiger partial charge in [0, 0.05) is 57.1 Å². The predicted octanol–water partition coefficient (Wildman–Crippen LogP) is 0.119. The van der Waals surface area contributed by atoms with Gasteiger partial charge in [0.1, 0.15) is 5.54 Å². The number of aliphatic hydroxyl groups excluding tert-OH is 1. The Morgan fingerprint density at radius 1 is 1.20 bits per heavy atom. The molecule has 0 aliphatic carbocycles. The number of aliphatic hydroxyl groups is 1. The summed E-state index contributed by atoms with van der Waals surface area (Å²) >= 11 is 1.70. The Morgan fingerprint density at radius 2 is 2.03 bits per heavy atom. The highest BCUT2D eigenvalue weighted by atomic mass is 32.1. The molecule has 4 saturated heterocycles. The van der Waals surface area contributed by atoms with Crippen LogP contribution in [0.4, 0.5) is 0 Å². The number of carbonyl (C=O) groups excluding carboxylic acids is 3. The number of amides is 3. The number of β-amino-alcohol motifs (C(OH)–C–C–N with tert-alkyl or cyclic N) is 1. The van der Waals surface area contributed by atoms with Gasteiger partial charge in [-0.25, -0.2) is 0 Å². The Labute approximate surface area is 180 Å². The first kappa shape index (κ1) is 20.1. The van der Waals surface area contributed by atoms with E-state index in [0.29, 0.717) is 52.0 Å². The van der Waals surface area contributed by atoms with Crippen LogP contribution in [0.1, 0.15) is 30.6 Å². The van der Waals surface area contributed by atoms with Gasteiger partial charge in [-0.3, -0.25) is 29.1 Å². The molecule has 8 nitrogen and oxygen atoms in total. The second-order valence-corrected chi connectivity index (χ2v) is 9.98. The molecule has 0 radical (unpaired) electrons. The normalized spacial score (nSPS) is 29.2. The molecule has 4 aliphatic heterocycles. The second-order valence-electron chi connectivity index (χ2n) is 8.95. The minimum absolute atomic E-state index is 0.131. The SMILES string of the molecule is O=C1CCCN1CCCN1C(=O)[C@@H]2C[C@@H](O)CN2C2(CN(Cc3cccs3)C2)C1=O. The topological polar surface area (TPSA) is 84.4 Å². The average molecular weight is 433 g/mol. The summed E-state index contributed by atoms with van der Waals surface area (Å²) in [6, 6.07) is 3.70. The molecule has 0 unspecified atom stereocenters. The molecule has 3 amide bonds. The minimum atomic E-state index is -0.712. The summed E-state index contributed by atoms with van der Waals surface area (Å²) in [5.41, 5.74) is -0.712. The zero-order valence-corrected chi connectivity index (χ0v) is 17.9. The van der Waals surface area contributed by atoms with Crippen molar-refractivity contribution in [3.05, 3.63) is 22.4 Å². The van der Waals surface area contributed by atoms with Crippen LogP contribution in [-0.2, 0) is 20.9 Å². The number of likely N-dealkylation sites (tertiary alicyclic amines) is 2. The van der Waals surface area contributed by atoms with Crippen LogP contribution < -0.4 is 0 Å². The van der Waals surface area contributed by atoms with Crippen molar-refractivity contribution in [3.8, 4) is 0 Å². The van der Waals surface area contributed by atoms with E-state index in [-0.39, 0.29) is 17.7 Å². The van der Waals surface area contributed by atoms with E-state index < -0.39 is 17.7 Å². The van der Waals surface area contributed by atoms with E-state index in [1.165, 1.54) is 9.78 Å². The zero-order valence-electron chi connectivity index (χ0n) is 17.0. The van der Waals surface area contributed by atoms with E-state index in [2.05, 4.69) is 16.3 Å². The summed E-state index contributed by atoms with van der Waals surface area (Å²) in [4.78, 5) is 47.1.